The number of azide groups is 1. The van der Waals surface area contributed by atoms with Crippen molar-refractivity contribution in [3.05, 3.63) is 45.8 Å². The Bertz CT molecular complexity index is 455. The Labute approximate surface area is 105 Å². The van der Waals surface area contributed by atoms with Crippen LogP contribution >= 0.6 is 0 Å². The molecule has 0 aromatic heterocycles. The highest BCUT2D eigenvalue weighted by Gasteiger charge is 2.19. The van der Waals surface area contributed by atoms with Crippen LogP contribution in [0.5, 0.6) is 0 Å². The van der Waals surface area contributed by atoms with E-state index in [0.717, 1.165) is 11.1 Å². The molecular formula is C12H16N4O2. The molecule has 0 aliphatic carbocycles. The van der Waals surface area contributed by atoms with E-state index in [9.17, 15) is 9.90 Å². The smallest absolute Gasteiger partial charge is 0.325 e. The predicted octanol–water partition coefficient (Wildman–Crippen LogP) is 2.41. The summed E-state index contributed by atoms with van der Waals surface area (Å²) in [5.41, 5.74) is 9.82. The Kier molecular flexibility index (Phi) is 5.70. The van der Waals surface area contributed by atoms with Crippen molar-refractivity contribution in [2.45, 2.75) is 19.4 Å². The van der Waals surface area contributed by atoms with Crippen molar-refractivity contribution in [3.63, 3.8) is 0 Å². The Morgan fingerprint density at radius 1 is 1.56 bits per heavy atom. The van der Waals surface area contributed by atoms with Gasteiger partial charge in [0.15, 0.2) is 0 Å². The fourth-order valence-corrected chi connectivity index (χ4v) is 1.68. The van der Waals surface area contributed by atoms with Gasteiger partial charge in [0.05, 0.1) is 0 Å². The van der Waals surface area contributed by atoms with Gasteiger partial charge in [0.25, 0.3) is 0 Å². The highest BCUT2D eigenvalue weighted by atomic mass is 16.4. The summed E-state index contributed by atoms with van der Waals surface area (Å²) in [6, 6.07) is 6.65. The standard InChI is InChI=1S/C12H16N4O2/c1-9-5-2-3-6-10(9)11(12(17)18)14-7-4-8-15-16-13/h2-3,5-6,11,14H,4,7-8H2,1H3,(H,17,18). The van der Waals surface area contributed by atoms with Gasteiger partial charge in [0, 0.05) is 11.5 Å². The van der Waals surface area contributed by atoms with Crippen molar-refractivity contribution in [2.24, 2.45) is 5.11 Å². The summed E-state index contributed by atoms with van der Waals surface area (Å²) in [4.78, 5) is 13.9. The first-order valence-corrected chi connectivity index (χ1v) is 5.69. The lowest BCUT2D eigenvalue weighted by molar-refractivity contribution is -0.139. The molecule has 1 unspecified atom stereocenters. The SMILES string of the molecule is Cc1ccccc1C(NCCCN=[N+]=[N-])C(=O)O. The summed E-state index contributed by atoms with van der Waals surface area (Å²) in [7, 11) is 0. The van der Waals surface area contributed by atoms with E-state index in [4.69, 9.17) is 5.53 Å². The fraction of sp³-hybridized carbons (Fsp3) is 0.417. The lowest BCUT2D eigenvalue weighted by atomic mass is 10.0. The van der Waals surface area contributed by atoms with Crippen molar-refractivity contribution >= 4 is 5.97 Å². The molecule has 0 saturated carbocycles. The van der Waals surface area contributed by atoms with E-state index in [2.05, 4.69) is 15.3 Å². The topological polar surface area (TPSA) is 98.1 Å². The van der Waals surface area contributed by atoms with Crippen molar-refractivity contribution in [2.75, 3.05) is 13.1 Å². The molecule has 1 rings (SSSR count). The second-order valence-corrected chi connectivity index (χ2v) is 3.89. The minimum Gasteiger partial charge on any atom is -0.480 e. The van der Waals surface area contributed by atoms with Crippen molar-refractivity contribution < 1.29 is 9.90 Å². The lowest BCUT2D eigenvalue weighted by Crippen LogP contribution is -2.30. The van der Waals surface area contributed by atoms with Crippen LogP contribution in [0.2, 0.25) is 0 Å². The van der Waals surface area contributed by atoms with E-state index < -0.39 is 12.0 Å². The zero-order chi connectivity index (χ0) is 13.4. The minimum atomic E-state index is -0.909. The van der Waals surface area contributed by atoms with Gasteiger partial charge in [-0.3, -0.25) is 4.79 Å². The van der Waals surface area contributed by atoms with E-state index >= 15 is 0 Å². The summed E-state index contributed by atoms with van der Waals surface area (Å²) in [6.07, 6.45) is 0.611. The normalized spacial score (nSPS) is 11.6. The Balaban J connectivity index is 2.64. The minimum absolute atomic E-state index is 0.365. The van der Waals surface area contributed by atoms with Crippen LogP contribution in [0, 0.1) is 6.92 Å². The number of hydrogen-bond acceptors (Lipinski definition) is 3. The Hall–Kier alpha value is -2.04. The number of aliphatic carboxylic acids is 1. The average molecular weight is 248 g/mol. The molecule has 0 bridgehead atoms. The first kappa shape index (κ1) is 14.0. The van der Waals surface area contributed by atoms with Gasteiger partial charge in [-0.1, -0.05) is 29.4 Å². The quantitative estimate of drug-likeness (QED) is 0.335. The van der Waals surface area contributed by atoms with Gasteiger partial charge >= 0.3 is 5.97 Å². The van der Waals surface area contributed by atoms with E-state index in [0.29, 0.717) is 19.5 Å². The lowest BCUT2D eigenvalue weighted by Gasteiger charge is -2.16. The van der Waals surface area contributed by atoms with Crippen molar-refractivity contribution in [1.29, 1.82) is 0 Å². The number of nitrogens with zero attached hydrogens (tertiary/aromatic N) is 3. The molecule has 1 aromatic carbocycles. The van der Waals surface area contributed by atoms with Gasteiger partial charge in [-0.25, -0.2) is 0 Å². The number of carboxylic acids is 1. The number of carboxylic acid groups (broad SMARTS) is 1. The molecule has 0 aliphatic heterocycles. The number of rotatable bonds is 7. The third-order valence-electron chi connectivity index (χ3n) is 2.59. The van der Waals surface area contributed by atoms with Crippen LogP contribution in [0.1, 0.15) is 23.6 Å². The van der Waals surface area contributed by atoms with E-state index in [1.165, 1.54) is 0 Å². The molecule has 0 amide bonds. The summed E-state index contributed by atoms with van der Waals surface area (Å²) in [6.45, 7) is 2.74. The molecule has 0 fully saturated rings. The number of hydrogen-bond donors (Lipinski definition) is 2. The monoisotopic (exact) mass is 248 g/mol. The molecule has 96 valence electrons. The Morgan fingerprint density at radius 2 is 2.28 bits per heavy atom. The maximum Gasteiger partial charge on any atom is 0.325 e. The van der Waals surface area contributed by atoms with Crippen LogP contribution in [0.3, 0.4) is 0 Å². The first-order chi connectivity index (χ1) is 8.66. The largest absolute Gasteiger partial charge is 0.480 e. The van der Waals surface area contributed by atoms with Gasteiger partial charge in [-0.05, 0) is 36.5 Å². The fourth-order valence-electron chi connectivity index (χ4n) is 1.68. The Morgan fingerprint density at radius 3 is 2.89 bits per heavy atom. The van der Waals surface area contributed by atoms with Gasteiger partial charge in [-0.2, -0.15) is 0 Å². The molecule has 1 aromatic rings. The summed E-state index contributed by atoms with van der Waals surface area (Å²) in [5.74, 6) is -0.909. The third kappa shape index (κ3) is 4.08. The second-order valence-electron chi connectivity index (χ2n) is 3.89. The van der Waals surface area contributed by atoms with Crippen LogP contribution < -0.4 is 5.32 Å². The highest BCUT2D eigenvalue weighted by molar-refractivity contribution is 5.76. The molecule has 6 nitrogen and oxygen atoms in total. The van der Waals surface area contributed by atoms with Gasteiger partial charge in [0.2, 0.25) is 0 Å². The van der Waals surface area contributed by atoms with Gasteiger partial charge in [-0.15, -0.1) is 0 Å². The summed E-state index contributed by atoms with van der Waals surface area (Å²) < 4.78 is 0. The molecule has 0 heterocycles. The molecule has 6 heteroatoms. The predicted molar refractivity (Wildman–Crippen MR) is 68.2 cm³/mol. The molecule has 18 heavy (non-hydrogen) atoms. The molecule has 2 N–H and O–H groups in total. The number of carbonyl (C=O) groups is 1. The van der Waals surface area contributed by atoms with Gasteiger partial charge in [0.1, 0.15) is 6.04 Å². The maximum atomic E-state index is 11.2. The number of nitrogens with one attached hydrogen (secondary N) is 1. The van der Waals surface area contributed by atoms with Crippen LogP contribution in [0.15, 0.2) is 29.4 Å². The second kappa shape index (κ2) is 7.32. The van der Waals surface area contributed by atoms with Crippen LogP contribution in [-0.4, -0.2) is 24.2 Å². The number of aryl methyl sites for hydroxylation is 1. The van der Waals surface area contributed by atoms with Crippen molar-refractivity contribution in [3.8, 4) is 0 Å². The zero-order valence-electron chi connectivity index (χ0n) is 10.2. The molecule has 0 aliphatic rings. The summed E-state index contributed by atoms with van der Waals surface area (Å²) in [5, 5.41) is 15.6. The zero-order valence-corrected chi connectivity index (χ0v) is 10.2. The maximum absolute atomic E-state index is 11.2. The van der Waals surface area contributed by atoms with Crippen LogP contribution in [0.4, 0.5) is 0 Å². The number of benzene rings is 1. The first-order valence-electron chi connectivity index (χ1n) is 5.69. The van der Waals surface area contributed by atoms with E-state index in [-0.39, 0.29) is 0 Å². The van der Waals surface area contributed by atoms with Crippen LogP contribution in [0.25, 0.3) is 10.4 Å². The van der Waals surface area contributed by atoms with Crippen molar-refractivity contribution in [1.82, 2.24) is 5.32 Å². The summed E-state index contributed by atoms with van der Waals surface area (Å²) >= 11 is 0. The third-order valence-corrected chi connectivity index (χ3v) is 2.59. The molecule has 0 radical (unpaired) electrons. The van der Waals surface area contributed by atoms with E-state index in [1.54, 1.807) is 6.07 Å². The molecular weight excluding hydrogens is 232 g/mol. The highest BCUT2D eigenvalue weighted by Crippen LogP contribution is 2.17. The average Bonchev–Trinajstić information content (AvgIpc) is 2.35. The van der Waals surface area contributed by atoms with E-state index in [1.807, 2.05) is 25.1 Å². The molecule has 1 atom stereocenters. The molecule has 0 spiro atoms. The molecule has 0 saturated heterocycles. The van der Waals surface area contributed by atoms with Gasteiger partial charge < -0.3 is 10.4 Å². The van der Waals surface area contributed by atoms with Crippen LogP contribution in [-0.2, 0) is 4.79 Å².